The number of hydrogen-bond donors (Lipinski definition) is 2. The fourth-order valence-electron chi connectivity index (χ4n) is 3.04. The average molecular weight is 265 g/mol. The Bertz CT molecular complexity index is 447. The van der Waals surface area contributed by atoms with Crippen LogP contribution in [0.15, 0.2) is 12.1 Å². The molecule has 3 N–H and O–H groups in total. The number of halogens is 1. The summed E-state index contributed by atoms with van der Waals surface area (Å²) in [5.41, 5.74) is 7.17. The maximum atomic E-state index is 14.1. The van der Waals surface area contributed by atoms with Gasteiger partial charge in [-0.05, 0) is 43.1 Å². The van der Waals surface area contributed by atoms with Gasteiger partial charge in [0.15, 0.2) is 0 Å². The number of anilines is 1. The summed E-state index contributed by atoms with van der Waals surface area (Å²) in [6.45, 7) is 5.51. The Morgan fingerprint density at radius 3 is 2.68 bits per heavy atom. The second-order valence-electron chi connectivity index (χ2n) is 5.60. The molecule has 19 heavy (non-hydrogen) atoms. The molecule has 1 saturated heterocycles. The van der Waals surface area contributed by atoms with Crippen LogP contribution in [0.25, 0.3) is 0 Å². The maximum Gasteiger partial charge on any atom is 0.121 e. The number of nitrogens with two attached hydrogens (primary N) is 1. The number of likely N-dealkylation sites (N-methyl/N-ethyl adjacent to an activating group) is 1. The van der Waals surface area contributed by atoms with E-state index in [9.17, 15) is 4.39 Å². The summed E-state index contributed by atoms with van der Waals surface area (Å²) < 4.78 is 14.1. The third kappa shape index (κ3) is 2.90. The van der Waals surface area contributed by atoms with Gasteiger partial charge in [0.2, 0.25) is 0 Å². The van der Waals surface area contributed by atoms with Gasteiger partial charge in [0.1, 0.15) is 6.17 Å². The zero-order chi connectivity index (χ0) is 14.0. The van der Waals surface area contributed by atoms with E-state index >= 15 is 0 Å². The number of likely N-dealkylation sites (tertiary alicyclic amines) is 1. The van der Waals surface area contributed by atoms with E-state index in [0.29, 0.717) is 6.54 Å². The second kappa shape index (κ2) is 5.88. The molecule has 2 rings (SSSR count). The van der Waals surface area contributed by atoms with E-state index in [1.165, 1.54) is 11.1 Å². The van der Waals surface area contributed by atoms with E-state index in [4.69, 9.17) is 5.84 Å². The molecule has 0 spiro atoms. The predicted octanol–water partition coefficient (Wildman–Crippen LogP) is 2.60. The van der Waals surface area contributed by atoms with Crippen LogP contribution in [0, 0.1) is 6.92 Å². The SMILES string of the molecule is CCCc1cc(C)c(C2CN(C)CC2F)cc1NN. The molecule has 4 heteroatoms. The highest BCUT2D eigenvalue weighted by atomic mass is 19.1. The number of hydrazine groups is 1. The van der Waals surface area contributed by atoms with Gasteiger partial charge in [-0.1, -0.05) is 19.4 Å². The molecule has 2 unspecified atom stereocenters. The number of alkyl halides is 1. The fourth-order valence-corrected chi connectivity index (χ4v) is 3.04. The third-order valence-corrected chi connectivity index (χ3v) is 4.00. The monoisotopic (exact) mass is 265 g/mol. The Morgan fingerprint density at radius 2 is 2.16 bits per heavy atom. The van der Waals surface area contributed by atoms with Gasteiger partial charge in [0.05, 0.1) is 5.69 Å². The molecule has 0 aromatic heterocycles. The quantitative estimate of drug-likeness (QED) is 0.649. The van der Waals surface area contributed by atoms with Crippen molar-refractivity contribution >= 4 is 5.69 Å². The minimum Gasteiger partial charge on any atom is -0.324 e. The van der Waals surface area contributed by atoms with Crippen molar-refractivity contribution in [1.82, 2.24) is 4.90 Å². The van der Waals surface area contributed by atoms with Gasteiger partial charge >= 0.3 is 0 Å². The molecular formula is C15H24FN3. The molecule has 2 atom stereocenters. The lowest BCUT2D eigenvalue weighted by Crippen LogP contribution is -2.15. The van der Waals surface area contributed by atoms with E-state index in [2.05, 4.69) is 25.3 Å². The molecule has 106 valence electrons. The second-order valence-corrected chi connectivity index (χ2v) is 5.60. The molecule has 1 fully saturated rings. The molecule has 3 nitrogen and oxygen atoms in total. The normalized spacial score (nSPS) is 23.8. The minimum atomic E-state index is -0.786. The molecular weight excluding hydrogens is 241 g/mol. The molecule has 0 bridgehead atoms. The molecule has 0 amide bonds. The molecule has 1 aromatic rings. The fraction of sp³-hybridized carbons (Fsp3) is 0.600. The molecule has 0 radical (unpaired) electrons. The number of nitrogens with zero attached hydrogens (tertiary/aromatic N) is 1. The van der Waals surface area contributed by atoms with Crippen molar-refractivity contribution < 1.29 is 4.39 Å². The van der Waals surface area contributed by atoms with Crippen molar-refractivity contribution in [3.05, 3.63) is 28.8 Å². The summed E-state index contributed by atoms with van der Waals surface area (Å²) >= 11 is 0. The largest absolute Gasteiger partial charge is 0.324 e. The minimum absolute atomic E-state index is 0.0345. The zero-order valence-electron chi connectivity index (χ0n) is 12.0. The first-order valence-corrected chi connectivity index (χ1v) is 6.99. The predicted molar refractivity (Wildman–Crippen MR) is 78.1 cm³/mol. The van der Waals surface area contributed by atoms with Crippen molar-refractivity contribution in [2.24, 2.45) is 5.84 Å². The molecule has 1 heterocycles. The topological polar surface area (TPSA) is 41.3 Å². The van der Waals surface area contributed by atoms with Crippen LogP contribution >= 0.6 is 0 Å². The van der Waals surface area contributed by atoms with Crippen LogP contribution < -0.4 is 11.3 Å². The van der Waals surface area contributed by atoms with Crippen LogP contribution in [0.5, 0.6) is 0 Å². The summed E-state index contributed by atoms with van der Waals surface area (Å²) in [6, 6.07) is 4.19. The van der Waals surface area contributed by atoms with Crippen molar-refractivity contribution in [3.8, 4) is 0 Å². The van der Waals surface area contributed by atoms with Gasteiger partial charge in [-0.15, -0.1) is 0 Å². The highest BCUT2D eigenvalue weighted by Gasteiger charge is 2.33. The first-order chi connectivity index (χ1) is 9.06. The summed E-state index contributed by atoms with van der Waals surface area (Å²) in [5.74, 6) is 5.57. The standard InChI is InChI=1S/C15H24FN3/c1-4-5-11-6-10(2)12(7-15(11)18-17)13-8-19(3)9-14(13)16/h6-7,13-14,18H,4-5,8-9,17H2,1-3H3. The maximum absolute atomic E-state index is 14.1. The number of rotatable bonds is 4. The summed E-state index contributed by atoms with van der Waals surface area (Å²) in [5, 5.41) is 0. The first-order valence-electron chi connectivity index (χ1n) is 6.99. The highest BCUT2D eigenvalue weighted by molar-refractivity contribution is 5.56. The summed E-state index contributed by atoms with van der Waals surface area (Å²) in [6.07, 6.45) is 1.28. The van der Waals surface area contributed by atoms with Crippen LogP contribution in [0.4, 0.5) is 10.1 Å². The van der Waals surface area contributed by atoms with Crippen LogP contribution in [0.3, 0.4) is 0 Å². The van der Waals surface area contributed by atoms with Gasteiger partial charge in [-0.3, -0.25) is 5.84 Å². The third-order valence-electron chi connectivity index (χ3n) is 4.00. The van der Waals surface area contributed by atoms with Crippen LogP contribution in [0.1, 0.15) is 36.0 Å². The van der Waals surface area contributed by atoms with E-state index in [-0.39, 0.29) is 5.92 Å². The number of hydrogen-bond acceptors (Lipinski definition) is 3. The van der Waals surface area contributed by atoms with Gasteiger partial charge in [-0.25, -0.2) is 4.39 Å². The van der Waals surface area contributed by atoms with Gasteiger partial charge < -0.3 is 10.3 Å². The number of aryl methyl sites for hydroxylation is 2. The molecule has 0 saturated carbocycles. The molecule has 1 aromatic carbocycles. The zero-order valence-corrected chi connectivity index (χ0v) is 12.0. The lowest BCUT2D eigenvalue weighted by Gasteiger charge is -2.19. The Kier molecular flexibility index (Phi) is 4.42. The van der Waals surface area contributed by atoms with E-state index in [0.717, 1.165) is 30.6 Å². The van der Waals surface area contributed by atoms with Crippen LogP contribution in [-0.4, -0.2) is 31.2 Å². The number of nitrogens with one attached hydrogen (secondary N) is 1. The Labute approximate surface area is 114 Å². The van der Waals surface area contributed by atoms with Crippen LogP contribution in [0.2, 0.25) is 0 Å². The smallest absolute Gasteiger partial charge is 0.121 e. The van der Waals surface area contributed by atoms with Crippen molar-refractivity contribution in [2.75, 3.05) is 25.6 Å². The van der Waals surface area contributed by atoms with Crippen LogP contribution in [-0.2, 0) is 6.42 Å². The molecule has 1 aliphatic rings. The average Bonchev–Trinajstić information content (AvgIpc) is 2.69. The highest BCUT2D eigenvalue weighted by Crippen LogP contribution is 2.34. The van der Waals surface area contributed by atoms with Gasteiger partial charge in [0, 0.05) is 19.0 Å². The Hall–Kier alpha value is -1.13. The van der Waals surface area contributed by atoms with Crippen molar-refractivity contribution in [1.29, 1.82) is 0 Å². The van der Waals surface area contributed by atoms with Gasteiger partial charge in [0.25, 0.3) is 0 Å². The Morgan fingerprint density at radius 1 is 1.42 bits per heavy atom. The van der Waals surface area contributed by atoms with Gasteiger partial charge in [-0.2, -0.15) is 0 Å². The van der Waals surface area contributed by atoms with E-state index < -0.39 is 6.17 Å². The number of nitrogen functional groups attached to an aromatic ring is 1. The van der Waals surface area contributed by atoms with Crippen molar-refractivity contribution in [3.63, 3.8) is 0 Å². The van der Waals surface area contributed by atoms with E-state index in [1.54, 1.807) is 0 Å². The Balaban J connectivity index is 2.36. The summed E-state index contributed by atoms with van der Waals surface area (Å²) in [4.78, 5) is 2.05. The first kappa shape index (κ1) is 14.3. The van der Waals surface area contributed by atoms with E-state index in [1.807, 2.05) is 18.0 Å². The molecule has 1 aliphatic heterocycles. The lowest BCUT2D eigenvalue weighted by atomic mass is 9.90. The number of benzene rings is 1. The molecule has 0 aliphatic carbocycles. The lowest BCUT2D eigenvalue weighted by molar-refractivity contribution is 0.309. The summed E-state index contributed by atoms with van der Waals surface area (Å²) in [7, 11) is 1.97. The van der Waals surface area contributed by atoms with Crippen molar-refractivity contribution in [2.45, 2.75) is 38.8 Å².